The Labute approximate surface area is 220 Å². The van der Waals surface area contributed by atoms with E-state index in [1.165, 1.54) is 4.90 Å². The lowest BCUT2D eigenvalue weighted by Crippen LogP contribution is -2.58. The molecule has 1 heterocycles. The lowest BCUT2D eigenvalue weighted by molar-refractivity contribution is -0.124. The second kappa shape index (κ2) is 11.9. The number of carbonyl (C=O) groups excluding carboxylic acids is 2. The molecule has 3 amide bonds. The molecule has 1 fully saturated rings. The van der Waals surface area contributed by atoms with Gasteiger partial charge in [0.1, 0.15) is 5.76 Å². The van der Waals surface area contributed by atoms with E-state index in [1.807, 2.05) is 38.1 Å². The Balaban J connectivity index is 1.77. The van der Waals surface area contributed by atoms with Gasteiger partial charge >= 0.3 is 6.09 Å². The van der Waals surface area contributed by atoms with Crippen molar-refractivity contribution in [1.82, 2.24) is 15.5 Å². The van der Waals surface area contributed by atoms with Crippen LogP contribution in [0.1, 0.15) is 62.1 Å². The van der Waals surface area contributed by atoms with E-state index in [0.717, 1.165) is 43.2 Å². The predicted octanol–water partition coefficient (Wildman–Crippen LogP) is 5.27. The summed E-state index contributed by atoms with van der Waals surface area (Å²) in [7, 11) is 1.58. The Bertz CT molecular complexity index is 1050. The predicted molar refractivity (Wildman–Crippen MR) is 142 cm³/mol. The summed E-state index contributed by atoms with van der Waals surface area (Å²) < 4.78 is 4.83. The first-order valence-electron chi connectivity index (χ1n) is 12.0. The van der Waals surface area contributed by atoms with Gasteiger partial charge in [0, 0.05) is 31.6 Å². The van der Waals surface area contributed by atoms with Gasteiger partial charge in [0.05, 0.1) is 0 Å². The van der Waals surface area contributed by atoms with E-state index in [-0.39, 0.29) is 30.0 Å². The van der Waals surface area contributed by atoms with Crippen molar-refractivity contribution in [2.75, 3.05) is 13.6 Å². The first kappa shape index (κ1) is 27.0. The van der Waals surface area contributed by atoms with Gasteiger partial charge in [0.25, 0.3) is 11.8 Å². The van der Waals surface area contributed by atoms with Gasteiger partial charge in [0.2, 0.25) is 0 Å². The number of alkyl halides is 1. The molecule has 9 heteroatoms. The monoisotopic (exact) mass is 595 g/mol. The SMILES string of the molecule is CNC(=O)[C@](I)(NC(=O)c1ccc(-c2cccc(CN(CC(C)C)C(=O)O)c2)o1)C1CCCCC1. The van der Waals surface area contributed by atoms with Crippen LogP contribution in [0, 0.1) is 11.8 Å². The Morgan fingerprint density at radius 3 is 2.51 bits per heavy atom. The van der Waals surface area contributed by atoms with E-state index in [4.69, 9.17) is 4.42 Å². The van der Waals surface area contributed by atoms with Crippen molar-refractivity contribution in [3.8, 4) is 11.3 Å². The molecule has 3 N–H and O–H groups in total. The molecular weight excluding hydrogens is 561 g/mol. The molecule has 35 heavy (non-hydrogen) atoms. The van der Waals surface area contributed by atoms with Crippen LogP contribution in [0.4, 0.5) is 4.79 Å². The van der Waals surface area contributed by atoms with Crippen molar-refractivity contribution in [1.29, 1.82) is 0 Å². The zero-order valence-electron chi connectivity index (χ0n) is 20.5. The minimum atomic E-state index is -1.05. The highest BCUT2D eigenvalue weighted by molar-refractivity contribution is 14.1. The molecule has 1 aromatic heterocycles. The average Bonchev–Trinajstić information content (AvgIpc) is 3.34. The average molecular weight is 595 g/mol. The van der Waals surface area contributed by atoms with Crippen molar-refractivity contribution in [3.63, 3.8) is 0 Å². The van der Waals surface area contributed by atoms with E-state index in [1.54, 1.807) is 19.2 Å². The van der Waals surface area contributed by atoms with Gasteiger partial charge in [-0.05, 0) is 65.1 Å². The van der Waals surface area contributed by atoms with E-state index < -0.39 is 15.5 Å². The molecule has 1 aliphatic carbocycles. The number of rotatable bonds is 9. The molecular formula is C26H34IN3O5. The number of benzene rings is 1. The maximum absolute atomic E-state index is 13.1. The maximum atomic E-state index is 13.1. The number of hydrogen-bond acceptors (Lipinski definition) is 4. The van der Waals surface area contributed by atoms with E-state index in [9.17, 15) is 19.5 Å². The number of carbonyl (C=O) groups is 3. The third-order valence-electron chi connectivity index (χ3n) is 6.29. The molecule has 8 nitrogen and oxygen atoms in total. The molecule has 2 aromatic rings. The number of likely N-dealkylation sites (N-methyl/N-ethyl adjacent to an activating group) is 1. The summed E-state index contributed by atoms with van der Waals surface area (Å²) in [6.07, 6.45) is 4.04. The molecule has 1 saturated carbocycles. The van der Waals surface area contributed by atoms with Crippen molar-refractivity contribution in [2.45, 2.75) is 56.0 Å². The van der Waals surface area contributed by atoms with Crippen LogP contribution in [0.2, 0.25) is 0 Å². The van der Waals surface area contributed by atoms with Crippen LogP contribution in [-0.4, -0.2) is 45.1 Å². The number of halogens is 1. The maximum Gasteiger partial charge on any atom is 0.407 e. The summed E-state index contributed by atoms with van der Waals surface area (Å²) in [5.74, 6) is 0.230. The van der Waals surface area contributed by atoms with Gasteiger partial charge in [-0.25, -0.2) is 4.79 Å². The van der Waals surface area contributed by atoms with Crippen molar-refractivity contribution >= 4 is 40.5 Å². The van der Waals surface area contributed by atoms with Crippen LogP contribution in [0.25, 0.3) is 11.3 Å². The number of nitrogens with one attached hydrogen (secondary N) is 2. The molecule has 1 aliphatic rings. The molecule has 0 bridgehead atoms. The summed E-state index contributed by atoms with van der Waals surface area (Å²) in [6, 6.07) is 10.7. The quantitative estimate of drug-likeness (QED) is 0.208. The third-order valence-corrected chi connectivity index (χ3v) is 7.93. The number of amides is 3. The van der Waals surface area contributed by atoms with Crippen LogP contribution >= 0.6 is 22.6 Å². The molecule has 0 aliphatic heterocycles. The fourth-order valence-electron chi connectivity index (χ4n) is 4.56. The minimum Gasteiger partial charge on any atom is -0.465 e. The van der Waals surface area contributed by atoms with Gasteiger partial charge in [-0.2, -0.15) is 0 Å². The van der Waals surface area contributed by atoms with E-state index in [2.05, 4.69) is 33.2 Å². The lowest BCUT2D eigenvalue weighted by atomic mass is 9.83. The fraction of sp³-hybridized carbons (Fsp3) is 0.500. The van der Waals surface area contributed by atoms with Crippen LogP contribution in [0.15, 0.2) is 40.8 Å². The van der Waals surface area contributed by atoms with Gasteiger partial charge in [-0.3, -0.25) is 9.59 Å². The Morgan fingerprint density at radius 1 is 1.17 bits per heavy atom. The molecule has 1 aromatic carbocycles. The van der Waals surface area contributed by atoms with Crippen molar-refractivity contribution < 1.29 is 23.9 Å². The first-order chi connectivity index (χ1) is 16.6. The highest BCUT2D eigenvalue weighted by Gasteiger charge is 2.45. The highest BCUT2D eigenvalue weighted by atomic mass is 127. The second-order valence-corrected chi connectivity index (χ2v) is 11.2. The number of hydrogen-bond donors (Lipinski definition) is 3. The zero-order valence-corrected chi connectivity index (χ0v) is 22.6. The molecule has 0 saturated heterocycles. The third kappa shape index (κ3) is 6.77. The van der Waals surface area contributed by atoms with E-state index in [0.29, 0.717) is 12.3 Å². The van der Waals surface area contributed by atoms with Gasteiger partial charge in [0.15, 0.2) is 9.31 Å². The summed E-state index contributed by atoms with van der Waals surface area (Å²) >= 11 is 2.07. The zero-order chi connectivity index (χ0) is 25.6. The Morgan fingerprint density at radius 2 is 1.89 bits per heavy atom. The van der Waals surface area contributed by atoms with Gasteiger partial charge in [-0.1, -0.05) is 51.3 Å². The van der Waals surface area contributed by atoms with Gasteiger partial charge < -0.3 is 25.1 Å². The summed E-state index contributed by atoms with van der Waals surface area (Å²) in [5.41, 5.74) is 1.58. The fourth-order valence-corrected chi connectivity index (χ4v) is 5.70. The molecule has 0 unspecified atom stereocenters. The minimum absolute atomic E-state index is 0.0508. The number of furan rings is 1. The topological polar surface area (TPSA) is 112 Å². The number of carboxylic acid groups (broad SMARTS) is 1. The molecule has 0 spiro atoms. The first-order valence-corrected chi connectivity index (χ1v) is 13.1. The Hall–Kier alpha value is -2.56. The van der Waals surface area contributed by atoms with Crippen molar-refractivity contribution in [3.05, 3.63) is 47.7 Å². The van der Waals surface area contributed by atoms with Crippen LogP contribution in [0.5, 0.6) is 0 Å². The summed E-state index contributed by atoms with van der Waals surface area (Å²) in [5, 5.41) is 15.1. The molecule has 3 rings (SSSR count). The summed E-state index contributed by atoms with van der Waals surface area (Å²) in [4.78, 5) is 38.8. The second-order valence-electron chi connectivity index (χ2n) is 9.50. The Kier molecular flexibility index (Phi) is 9.21. The summed E-state index contributed by atoms with van der Waals surface area (Å²) in [6.45, 7) is 4.66. The van der Waals surface area contributed by atoms with Gasteiger partial charge in [-0.15, -0.1) is 0 Å². The van der Waals surface area contributed by atoms with Crippen LogP contribution in [0.3, 0.4) is 0 Å². The largest absolute Gasteiger partial charge is 0.465 e. The highest BCUT2D eigenvalue weighted by Crippen LogP contribution is 2.38. The molecule has 190 valence electrons. The lowest BCUT2D eigenvalue weighted by Gasteiger charge is -2.37. The van der Waals surface area contributed by atoms with Crippen molar-refractivity contribution in [2.24, 2.45) is 11.8 Å². The standard InChI is InChI=1S/C26H34IN3O5/c1-17(2)15-30(25(33)34)16-18-8-7-9-19(14-18)21-12-13-22(35-21)23(31)29-26(27,24(32)28-3)20-10-5-4-6-11-20/h7-9,12-14,17,20H,4-6,10-11,15-16H2,1-3H3,(H,28,32)(H,29,31)(H,33,34)/t26-/m1/s1. The normalized spacial score (nSPS) is 15.9. The molecule has 1 atom stereocenters. The van der Waals surface area contributed by atoms with Crippen LogP contribution in [-0.2, 0) is 11.3 Å². The molecule has 0 radical (unpaired) electrons. The van der Waals surface area contributed by atoms with Crippen LogP contribution < -0.4 is 10.6 Å². The van der Waals surface area contributed by atoms with E-state index >= 15 is 0 Å². The smallest absolute Gasteiger partial charge is 0.407 e. The number of nitrogens with zero attached hydrogens (tertiary/aromatic N) is 1.